The number of fused-ring (bicyclic) bond motifs is 1. The molecule has 0 atom stereocenters. The molecule has 0 fully saturated rings. The minimum Gasteiger partial charge on any atom is -0.496 e. The molecule has 28 heavy (non-hydrogen) atoms. The summed E-state index contributed by atoms with van der Waals surface area (Å²) < 4.78 is 9.67. The first-order valence-electron chi connectivity index (χ1n) is 8.40. The Morgan fingerprint density at radius 1 is 1.18 bits per heavy atom. The second-order valence-electron chi connectivity index (χ2n) is 6.02. The Hall–Kier alpha value is -2.65. The molecule has 0 bridgehead atoms. The fourth-order valence-corrected chi connectivity index (χ4v) is 3.98. The number of hydrogen-bond acceptors (Lipinski definition) is 6. The predicted molar refractivity (Wildman–Crippen MR) is 112 cm³/mol. The first kappa shape index (κ1) is 18.7. The fraction of sp³-hybridized carbons (Fsp3) is 0.158. The Labute approximate surface area is 173 Å². The average Bonchev–Trinajstić information content (AvgIpc) is 3.07. The summed E-state index contributed by atoms with van der Waals surface area (Å²) >= 11 is 4.85. The number of benzene rings is 1. The van der Waals surface area contributed by atoms with Gasteiger partial charge in [-0.1, -0.05) is 23.9 Å². The van der Waals surface area contributed by atoms with E-state index < -0.39 is 0 Å². The maximum atomic E-state index is 12.3. The van der Waals surface area contributed by atoms with Crippen LogP contribution in [0.2, 0.25) is 0 Å². The molecule has 0 saturated carbocycles. The molecule has 3 aromatic heterocycles. The summed E-state index contributed by atoms with van der Waals surface area (Å²) in [6, 6.07) is 12.9. The summed E-state index contributed by atoms with van der Waals surface area (Å²) in [6.45, 7) is 0. The van der Waals surface area contributed by atoms with Crippen molar-refractivity contribution < 1.29 is 4.74 Å². The molecule has 4 rings (SSSR count). The molecular formula is C19H16BrN5O2S. The van der Waals surface area contributed by atoms with E-state index in [4.69, 9.17) is 4.74 Å². The van der Waals surface area contributed by atoms with Crippen LogP contribution >= 0.6 is 27.7 Å². The molecule has 1 aromatic carbocycles. The summed E-state index contributed by atoms with van der Waals surface area (Å²) in [5.74, 6) is 1.97. The van der Waals surface area contributed by atoms with Gasteiger partial charge in [0.2, 0.25) is 0 Å². The van der Waals surface area contributed by atoms with Crippen LogP contribution in [0.1, 0.15) is 5.69 Å². The van der Waals surface area contributed by atoms with E-state index in [9.17, 15) is 4.79 Å². The van der Waals surface area contributed by atoms with Crippen LogP contribution in [0.3, 0.4) is 0 Å². The van der Waals surface area contributed by atoms with Crippen LogP contribution in [0.15, 0.2) is 63.1 Å². The van der Waals surface area contributed by atoms with Gasteiger partial charge in [0.15, 0.2) is 11.0 Å². The van der Waals surface area contributed by atoms with Gasteiger partial charge < -0.3 is 9.30 Å². The van der Waals surface area contributed by atoms with E-state index in [0.29, 0.717) is 17.1 Å². The van der Waals surface area contributed by atoms with Gasteiger partial charge in [0.25, 0.3) is 5.56 Å². The quantitative estimate of drug-likeness (QED) is 0.426. The van der Waals surface area contributed by atoms with Crippen LogP contribution < -0.4 is 10.3 Å². The largest absolute Gasteiger partial charge is 0.496 e. The molecule has 7 nitrogen and oxygen atoms in total. The summed E-state index contributed by atoms with van der Waals surface area (Å²) in [4.78, 5) is 16.9. The van der Waals surface area contributed by atoms with Crippen molar-refractivity contribution in [3.05, 3.63) is 69.2 Å². The molecule has 9 heteroatoms. The van der Waals surface area contributed by atoms with E-state index in [0.717, 1.165) is 26.8 Å². The molecule has 0 aliphatic heterocycles. The molecule has 0 spiro atoms. The number of thioether (sulfide) groups is 1. The van der Waals surface area contributed by atoms with Gasteiger partial charge in [-0.2, -0.15) is 0 Å². The first-order valence-corrected chi connectivity index (χ1v) is 10.2. The number of pyridine rings is 1. The van der Waals surface area contributed by atoms with E-state index in [1.165, 1.54) is 16.2 Å². The van der Waals surface area contributed by atoms with Crippen LogP contribution in [0, 0.1) is 0 Å². The van der Waals surface area contributed by atoms with Crippen molar-refractivity contribution in [1.82, 2.24) is 24.1 Å². The van der Waals surface area contributed by atoms with Gasteiger partial charge in [-0.05, 0) is 40.2 Å². The van der Waals surface area contributed by atoms with Gasteiger partial charge >= 0.3 is 0 Å². The molecule has 0 saturated heterocycles. The molecule has 0 radical (unpaired) electrons. The normalized spacial score (nSPS) is 11.1. The van der Waals surface area contributed by atoms with E-state index in [1.807, 2.05) is 48.0 Å². The third kappa shape index (κ3) is 3.55. The van der Waals surface area contributed by atoms with Crippen LogP contribution in [-0.2, 0) is 12.8 Å². The lowest BCUT2D eigenvalue weighted by Crippen LogP contribution is -2.15. The van der Waals surface area contributed by atoms with Gasteiger partial charge in [-0.3, -0.25) is 9.20 Å². The van der Waals surface area contributed by atoms with Gasteiger partial charge in [0.1, 0.15) is 11.4 Å². The molecule has 0 aliphatic carbocycles. The number of rotatable bonds is 5. The maximum Gasteiger partial charge on any atom is 0.258 e. The highest BCUT2D eigenvalue weighted by atomic mass is 79.9. The maximum absolute atomic E-state index is 12.3. The molecular weight excluding hydrogens is 442 g/mol. The van der Waals surface area contributed by atoms with Crippen molar-refractivity contribution in [3.8, 4) is 17.1 Å². The zero-order chi connectivity index (χ0) is 19.7. The van der Waals surface area contributed by atoms with Crippen molar-refractivity contribution in [2.75, 3.05) is 7.11 Å². The molecule has 142 valence electrons. The van der Waals surface area contributed by atoms with Crippen molar-refractivity contribution >= 4 is 33.3 Å². The Balaban J connectivity index is 1.60. The second kappa shape index (κ2) is 7.76. The topological polar surface area (TPSA) is 74.3 Å². The van der Waals surface area contributed by atoms with Gasteiger partial charge in [0.05, 0.1) is 18.4 Å². The average molecular weight is 458 g/mol. The Bertz CT molecular complexity index is 1220. The van der Waals surface area contributed by atoms with Crippen LogP contribution in [0.25, 0.3) is 17.0 Å². The number of para-hydroxylation sites is 1. The molecule has 0 unspecified atom stereocenters. The van der Waals surface area contributed by atoms with Crippen LogP contribution in [0.4, 0.5) is 0 Å². The summed E-state index contributed by atoms with van der Waals surface area (Å²) in [6.07, 6.45) is 1.71. The Morgan fingerprint density at radius 3 is 2.82 bits per heavy atom. The van der Waals surface area contributed by atoms with E-state index >= 15 is 0 Å². The smallest absolute Gasteiger partial charge is 0.258 e. The van der Waals surface area contributed by atoms with E-state index in [2.05, 4.69) is 31.1 Å². The number of aromatic nitrogens is 5. The SMILES string of the molecule is COc1ccccc1-c1nnc(SCc2cc(=O)n3cc(Br)ccc3n2)n1C. The number of halogens is 1. The molecule has 0 amide bonds. The third-order valence-electron chi connectivity index (χ3n) is 4.21. The standard InChI is InChI=1S/C19H16BrN5O2S/c1-24-18(14-5-3-4-6-15(14)27-2)22-23-19(24)28-11-13-9-17(26)25-10-12(20)7-8-16(25)21-13/h3-10H,11H2,1-2H3. The highest BCUT2D eigenvalue weighted by Crippen LogP contribution is 2.30. The van der Waals surface area contributed by atoms with Crippen molar-refractivity contribution in [2.45, 2.75) is 10.9 Å². The minimum absolute atomic E-state index is 0.116. The molecule has 0 N–H and O–H groups in total. The zero-order valence-electron chi connectivity index (χ0n) is 15.2. The lowest BCUT2D eigenvalue weighted by atomic mass is 10.2. The van der Waals surface area contributed by atoms with Crippen LogP contribution in [-0.4, -0.2) is 31.3 Å². The highest BCUT2D eigenvalue weighted by Gasteiger charge is 2.15. The zero-order valence-corrected chi connectivity index (χ0v) is 17.6. The summed E-state index contributed by atoms with van der Waals surface area (Å²) in [5, 5.41) is 9.32. The molecule has 4 aromatic rings. The Kier molecular flexibility index (Phi) is 5.19. The first-order chi connectivity index (χ1) is 13.6. The van der Waals surface area contributed by atoms with E-state index in [1.54, 1.807) is 19.4 Å². The summed E-state index contributed by atoms with van der Waals surface area (Å²) in [7, 11) is 3.54. The number of nitrogens with zero attached hydrogens (tertiary/aromatic N) is 5. The number of ether oxygens (including phenoxy) is 1. The third-order valence-corrected chi connectivity index (χ3v) is 5.73. The monoisotopic (exact) mass is 457 g/mol. The minimum atomic E-state index is -0.116. The molecule has 3 heterocycles. The van der Waals surface area contributed by atoms with E-state index in [-0.39, 0.29) is 5.56 Å². The lowest BCUT2D eigenvalue weighted by Gasteiger charge is -2.08. The number of methoxy groups -OCH3 is 1. The second-order valence-corrected chi connectivity index (χ2v) is 7.87. The fourth-order valence-electron chi connectivity index (χ4n) is 2.84. The molecule has 0 aliphatic rings. The van der Waals surface area contributed by atoms with Crippen molar-refractivity contribution in [3.63, 3.8) is 0 Å². The van der Waals surface area contributed by atoms with Crippen molar-refractivity contribution in [1.29, 1.82) is 0 Å². The van der Waals surface area contributed by atoms with Gasteiger partial charge in [-0.15, -0.1) is 10.2 Å². The highest BCUT2D eigenvalue weighted by molar-refractivity contribution is 9.10. The summed E-state index contributed by atoms with van der Waals surface area (Å²) in [5.41, 5.74) is 2.06. The Morgan fingerprint density at radius 2 is 2.00 bits per heavy atom. The van der Waals surface area contributed by atoms with Crippen molar-refractivity contribution in [2.24, 2.45) is 7.05 Å². The van der Waals surface area contributed by atoms with Gasteiger partial charge in [-0.25, -0.2) is 4.98 Å². The number of hydrogen-bond donors (Lipinski definition) is 0. The predicted octanol–water partition coefficient (Wildman–Crippen LogP) is 3.55. The van der Waals surface area contributed by atoms with Gasteiger partial charge in [0, 0.05) is 29.5 Å². The van der Waals surface area contributed by atoms with Crippen LogP contribution in [0.5, 0.6) is 5.75 Å². The lowest BCUT2D eigenvalue weighted by molar-refractivity contribution is 0.416.